The van der Waals surface area contributed by atoms with Gasteiger partial charge in [-0.1, -0.05) is 18.7 Å². The van der Waals surface area contributed by atoms with Crippen molar-refractivity contribution in [2.75, 3.05) is 26.0 Å². The molecule has 0 rings (SSSR count). The Balaban J connectivity index is 3.63. The summed E-state index contributed by atoms with van der Waals surface area (Å²) in [5.74, 6) is -0.259. The Morgan fingerprint density at radius 1 is 1.46 bits per heavy atom. The molecular weight excluding hydrogens is 207 g/mol. The molecule has 0 saturated carbocycles. The van der Waals surface area contributed by atoms with E-state index in [4.69, 9.17) is 21.1 Å². The van der Waals surface area contributed by atoms with Crippen molar-refractivity contribution in [3.63, 3.8) is 0 Å². The number of esters is 1. The van der Waals surface area contributed by atoms with Gasteiger partial charge in [-0.2, -0.15) is 0 Å². The molecule has 0 fully saturated rings. The van der Waals surface area contributed by atoms with Crippen LogP contribution >= 0.6 is 6.26 Å². The zero-order valence-corrected chi connectivity index (χ0v) is 10.1. The Morgan fingerprint density at radius 3 is 2.54 bits per heavy atom. The third kappa shape index (κ3) is 8.41. The van der Waals surface area contributed by atoms with Gasteiger partial charge in [-0.3, -0.25) is 4.79 Å². The minimum absolute atomic E-state index is 0.259. The minimum atomic E-state index is -1.71. The van der Waals surface area contributed by atoms with E-state index in [1.165, 1.54) is 6.92 Å². The molecule has 0 saturated heterocycles. The van der Waals surface area contributed by atoms with Crippen molar-refractivity contribution in [2.24, 2.45) is 0 Å². The Labute approximate surface area is 84.9 Å². The molecule has 0 aromatic heterocycles. The molecule has 0 radical (unpaired) electrons. The Hall–Kier alpha value is 0.0800. The summed E-state index contributed by atoms with van der Waals surface area (Å²) in [6.45, 7) is 6.45. The van der Waals surface area contributed by atoms with Crippen LogP contribution in [0.3, 0.4) is 0 Å². The molecule has 3 nitrogen and oxygen atoms in total. The highest BCUT2D eigenvalue weighted by atomic mass is 32.4. The van der Waals surface area contributed by atoms with Gasteiger partial charge in [-0.25, -0.2) is 0 Å². The van der Waals surface area contributed by atoms with Gasteiger partial charge in [-0.05, 0) is 13.1 Å². The second-order valence-corrected chi connectivity index (χ2v) is 7.96. The number of carbonyl (C=O) groups excluding carboxylic acids is 1. The molecule has 0 heterocycles. The van der Waals surface area contributed by atoms with Crippen LogP contribution in [-0.4, -0.2) is 32.0 Å². The van der Waals surface area contributed by atoms with Crippen LogP contribution in [0.4, 0.5) is 0 Å². The van der Waals surface area contributed by atoms with E-state index >= 15 is 0 Å². The number of carbonyl (C=O) groups is 1. The van der Waals surface area contributed by atoms with Crippen molar-refractivity contribution in [1.29, 1.82) is 0 Å². The van der Waals surface area contributed by atoms with Crippen LogP contribution in [0.15, 0.2) is 0 Å². The van der Waals surface area contributed by atoms with Crippen LogP contribution in [0.25, 0.3) is 0 Å². The first-order chi connectivity index (χ1) is 5.98. The van der Waals surface area contributed by atoms with Gasteiger partial charge in [0.05, 0.1) is 19.5 Å². The van der Waals surface area contributed by atoms with Crippen molar-refractivity contribution in [1.82, 2.24) is 0 Å². The molecule has 78 valence electrons. The molecule has 0 aromatic carbocycles. The zero-order chi connectivity index (χ0) is 10.3. The number of rotatable bonds is 6. The fourth-order valence-corrected chi connectivity index (χ4v) is 2.27. The van der Waals surface area contributed by atoms with Crippen LogP contribution in [-0.2, 0) is 25.9 Å². The lowest BCUT2D eigenvalue weighted by atomic mass is 10.5. The quantitative estimate of drug-likeness (QED) is 0.510. The van der Waals surface area contributed by atoms with E-state index < -0.39 is 6.26 Å². The smallest absolute Gasteiger partial charge is 0.302 e. The van der Waals surface area contributed by atoms with E-state index in [-0.39, 0.29) is 5.97 Å². The van der Waals surface area contributed by atoms with Crippen LogP contribution in [0, 0.1) is 0 Å². The van der Waals surface area contributed by atoms with E-state index in [1.54, 1.807) is 0 Å². The van der Waals surface area contributed by atoms with Gasteiger partial charge in [0.1, 0.15) is 0 Å². The van der Waals surface area contributed by atoms with Crippen molar-refractivity contribution in [2.45, 2.75) is 20.3 Å². The molecule has 5 heteroatoms. The van der Waals surface area contributed by atoms with Crippen molar-refractivity contribution >= 4 is 24.0 Å². The fourth-order valence-electron chi connectivity index (χ4n) is 0.704. The average molecular weight is 224 g/mol. The summed E-state index contributed by atoms with van der Waals surface area (Å²) in [5, 5.41) is 0. The maximum absolute atomic E-state index is 10.5. The molecular formula is C8H17O3PS. The van der Waals surface area contributed by atoms with E-state index in [2.05, 4.69) is 0 Å². The van der Waals surface area contributed by atoms with E-state index in [0.717, 1.165) is 6.42 Å². The summed E-state index contributed by atoms with van der Waals surface area (Å²) in [6.07, 6.45) is -0.0686. The predicted molar refractivity (Wildman–Crippen MR) is 58.0 cm³/mol. The molecule has 1 unspecified atom stereocenters. The first-order valence-electron chi connectivity index (χ1n) is 4.32. The molecule has 0 aliphatic rings. The Morgan fingerprint density at radius 2 is 2.08 bits per heavy atom. The molecule has 0 aliphatic carbocycles. The van der Waals surface area contributed by atoms with E-state index in [9.17, 15) is 4.79 Å². The predicted octanol–water partition coefficient (Wildman–Crippen LogP) is 2.00. The SMILES string of the molecule is CCCOP(C)(=S)CCOC(C)=O. The summed E-state index contributed by atoms with van der Waals surface area (Å²) < 4.78 is 10.3. The van der Waals surface area contributed by atoms with Gasteiger partial charge in [-0.15, -0.1) is 0 Å². The largest absolute Gasteiger partial charge is 0.465 e. The third-order valence-corrected chi connectivity index (χ3v) is 3.96. The van der Waals surface area contributed by atoms with Crippen LogP contribution in [0.2, 0.25) is 0 Å². The summed E-state index contributed by atoms with van der Waals surface area (Å²) in [6, 6.07) is 0. The lowest BCUT2D eigenvalue weighted by molar-refractivity contribution is -0.140. The molecule has 0 bridgehead atoms. The second kappa shape index (κ2) is 6.52. The molecule has 0 aromatic rings. The van der Waals surface area contributed by atoms with Gasteiger partial charge in [0.2, 0.25) is 0 Å². The minimum Gasteiger partial charge on any atom is -0.465 e. The lowest BCUT2D eigenvalue weighted by Crippen LogP contribution is -2.06. The maximum Gasteiger partial charge on any atom is 0.302 e. The summed E-state index contributed by atoms with van der Waals surface area (Å²) >= 11 is 5.26. The van der Waals surface area contributed by atoms with Gasteiger partial charge in [0, 0.05) is 13.1 Å². The van der Waals surface area contributed by atoms with Crippen molar-refractivity contribution < 1.29 is 14.1 Å². The molecule has 0 spiro atoms. The average Bonchev–Trinajstić information content (AvgIpc) is 2.00. The number of hydrogen-bond donors (Lipinski definition) is 0. The van der Waals surface area contributed by atoms with Crippen LogP contribution in [0.1, 0.15) is 20.3 Å². The van der Waals surface area contributed by atoms with Gasteiger partial charge < -0.3 is 9.26 Å². The summed E-state index contributed by atoms with van der Waals surface area (Å²) in [7, 11) is 0. The summed E-state index contributed by atoms with van der Waals surface area (Å²) in [5.41, 5.74) is 0. The topological polar surface area (TPSA) is 35.5 Å². The van der Waals surface area contributed by atoms with Crippen LogP contribution < -0.4 is 0 Å². The Kier molecular flexibility index (Phi) is 6.56. The Bertz CT molecular complexity index is 206. The van der Waals surface area contributed by atoms with Gasteiger partial charge in [0.15, 0.2) is 0 Å². The maximum atomic E-state index is 10.5. The number of ether oxygens (including phenoxy) is 1. The molecule has 13 heavy (non-hydrogen) atoms. The molecule has 0 aliphatic heterocycles. The molecule has 1 atom stereocenters. The third-order valence-electron chi connectivity index (χ3n) is 1.37. The fraction of sp³-hybridized carbons (Fsp3) is 0.875. The highest BCUT2D eigenvalue weighted by molar-refractivity contribution is 8.11. The van der Waals surface area contributed by atoms with Gasteiger partial charge >= 0.3 is 5.97 Å². The number of hydrogen-bond acceptors (Lipinski definition) is 4. The van der Waals surface area contributed by atoms with E-state index in [1.807, 2.05) is 13.6 Å². The van der Waals surface area contributed by atoms with Crippen molar-refractivity contribution in [3.05, 3.63) is 0 Å². The molecule has 0 N–H and O–H groups in total. The highest BCUT2D eigenvalue weighted by Crippen LogP contribution is 2.42. The normalized spacial score (nSPS) is 15.0. The van der Waals surface area contributed by atoms with E-state index in [0.29, 0.717) is 19.4 Å². The first kappa shape index (κ1) is 13.1. The standard InChI is InChI=1S/C8H17O3PS/c1-4-5-11-12(3,13)7-6-10-8(2)9/h4-7H2,1-3H3. The summed E-state index contributed by atoms with van der Waals surface area (Å²) in [4.78, 5) is 10.5. The monoisotopic (exact) mass is 224 g/mol. The second-order valence-electron chi connectivity index (χ2n) is 2.91. The zero-order valence-electron chi connectivity index (χ0n) is 8.41. The van der Waals surface area contributed by atoms with Gasteiger partial charge in [0.25, 0.3) is 0 Å². The highest BCUT2D eigenvalue weighted by Gasteiger charge is 2.10. The first-order valence-corrected chi connectivity index (χ1v) is 7.67. The molecule has 0 amide bonds. The van der Waals surface area contributed by atoms with Crippen molar-refractivity contribution in [3.8, 4) is 0 Å². The lowest BCUT2D eigenvalue weighted by Gasteiger charge is -2.16. The van der Waals surface area contributed by atoms with Crippen LogP contribution in [0.5, 0.6) is 0 Å².